The molecule has 9 heteroatoms. The number of rotatable bonds is 9. The van der Waals surface area contributed by atoms with Gasteiger partial charge < -0.3 is 5.73 Å². The van der Waals surface area contributed by atoms with Crippen molar-refractivity contribution in [2.75, 3.05) is 31.5 Å². The second-order valence-electron chi connectivity index (χ2n) is 5.02. The molecule has 22 heavy (non-hydrogen) atoms. The summed E-state index contributed by atoms with van der Waals surface area (Å²) in [5, 5.41) is 0. The second kappa shape index (κ2) is 7.91. The number of nitrogens with two attached hydrogens (primary N) is 1. The van der Waals surface area contributed by atoms with Gasteiger partial charge in [0.25, 0.3) is 20.2 Å². The smallest absolute Gasteiger partial charge is 0.264 e. The largest absolute Gasteiger partial charge is 0.399 e. The van der Waals surface area contributed by atoms with Crippen molar-refractivity contribution in [3.63, 3.8) is 0 Å². The van der Waals surface area contributed by atoms with E-state index in [0.29, 0.717) is 18.5 Å². The Labute approximate surface area is 131 Å². The highest BCUT2D eigenvalue weighted by Gasteiger charge is 2.15. The lowest BCUT2D eigenvalue weighted by atomic mass is 9.95. The quantitative estimate of drug-likeness (QED) is 0.402. The highest BCUT2D eigenvalue weighted by molar-refractivity contribution is 7.86. The molecule has 7 nitrogen and oxygen atoms in total. The van der Waals surface area contributed by atoms with Gasteiger partial charge >= 0.3 is 0 Å². The molecule has 126 valence electrons. The van der Waals surface area contributed by atoms with Gasteiger partial charge in [-0.25, -0.2) is 0 Å². The Morgan fingerprint density at radius 2 is 1.73 bits per heavy atom. The Bertz CT molecular complexity index is 684. The molecular formula is C13H21NO6S2. The number of nitrogen functional groups attached to an aromatic ring is 1. The second-order valence-corrected chi connectivity index (χ2v) is 8.31. The number of benzene rings is 1. The lowest BCUT2D eigenvalue weighted by molar-refractivity contribution is 0.267. The minimum Gasteiger partial charge on any atom is -0.399 e. The van der Waals surface area contributed by atoms with Crippen molar-refractivity contribution in [1.82, 2.24) is 0 Å². The molecule has 1 aromatic carbocycles. The summed E-state index contributed by atoms with van der Waals surface area (Å²) in [4.78, 5) is 0. The molecule has 0 fully saturated rings. The molecule has 0 saturated carbocycles. The zero-order valence-electron chi connectivity index (χ0n) is 12.6. The van der Waals surface area contributed by atoms with Gasteiger partial charge in [-0.3, -0.25) is 8.37 Å². The first-order valence-corrected chi connectivity index (χ1v) is 10.2. The molecular weight excluding hydrogens is 330 g/mol. The van der Waals surface area contributed by atoms with E-state index in [1.807, 2.05) is 6.07 Å². The maximum Gasteiger partial charge on any atom is 0.264 e. The molecule has 0 aliphatic heterocycles. The van der Waals surface area contributed by atoms with E-state index in [2.05, 4.69) is 4.18 Å². The van der Waals surface area contributed by atoms with Gasteiger partial charge in [0, 0.05) is 11.6 Å². The first kappa shape index (κ1) is 18.9. The van der Waals surface area contributed by atoms with Crippen LogP contribution < -0.4 is 5.73 Å². The molecule has 2 N–H and O–H groups in total. The van der Waals surface area contributed by atoms with Crippen molar-refractivity contribution in [3.8, 4) is 0 Å². The molecule has 0 spiro atoms. The molecule has 1 aromatic rings. The predicted octanol–water partition coefficient (Wildman–Crippen LogP) is 1.08. The molecule has 0 aliphatic rings. The third-order valence-corrected chi connectivity index (χ3v) is 4.02. The molecule has 1 unspecified atom stereocenters. The van der Waals surface area contributed by atoms with Crippen LogP contribution in [0.5, 0.6) is 0 Å². The van der Waals surface area contributed by atoms with Gasteiger partial charge in [0.1, 0.15) is 0 Å². The van der Waals surface area contributed by atoms with Crippen LogP contribution in [0.1, 0.15) is 24.3 Å². The van der Waals surface area contributed by atoms with Crippen LogP contribution in [-0.4, -0.2) is 42.6 Å². The molecule has 0 aliphatic carbocycles. The Morgan fingerprint density at radius 3 is 2.27 bits per heavy atom. The Kier molecular flexibility index (Phi) is 6.79. The highest BCUT2D eigenvalue weighted by Crippen LogP contribution is 2.24. The Hall–Kier alpha value is -1.16. The molecule has 1 atom stereocenters. The van der Waals surface area contributed by atoms with E-state index in [-0.39, 0.29) is 19.1 Å². The molecule has 0 aromatic heterocycles. The fourth-order valence-electron chi connectivity index (χ4n) is 1.90. The summed E-state index contributed by atoms with van der Waals surface area (Å²) >= 11 is 0. The van der Waals surface area contributed by atoms with Crippen molar-refractivity contribution in [3.05, 3.63) is 29.8 Å². The average Bonchev–Trinajstić information content (AvgIpc) is 2.35. The summed E-state index contributed by atoms with van der Waals surface area (Å²) in [7, 11) is -7.03. The summed E-state index contributed by atoms with van der Waals surface area (Å²) in [6, 6.07) is 7.06. The lowest BCUT2D eigenvalue weighted by Crippen LogP contribution is -2.14. The van der Waals surface area contributed by atoms with E-state index in [1.165, 1.54) is 0 Å². The van der Waals surface area contributed by atoms with Crippen molar-refractivity contribution in [1.29, 1.82) is 0 Å². The van der Waals surface area contributed by atoms with Crippen LogP contribution in [-0.2, 0) is 28.6 Å². The summed E-state index contributed by atoms with van der Waals surface area (Å²) < 4.78 is 53.6. The van der Waals surface area contributed by atoms with E-state index >= 15 is 0 Å². The van der Waals surface area contributed by atoms with Gasteiger partial charge in [-0.1, -0.05) is 12.1 Å². The maximum atomic E-state index is 11.1. The van der Waals surface area contributed by atoms with Crippen LogP contribution in [0.2, 0.25) is 0 Å². The van der Waals surface area contributed by atoms with Crippen LogP contribution in [0.25, 0.3) is 0 Å². The van der Waals surface area contributed by atoms with E-state index in [0.717, 1.165) is 18.1 Å². The van der Waals surface area contributed by atoms with Gasteiger partial charge in [0.2, 0.25) is 0 Å². The molecule has 0 amide bonds. The normalized spacial score (nSPS) is 13.9. The molecule has 1 rings (SSSR count). The Morgan fingerprint density at radius 1 is 1.09 bits per heavy atom. The van der Waals surface area contributed by atoms with Gasteiger partial charge in [-0.2, -0.15) is 16.8 Å². The maximum absolute atomic E-state index is 11.1. The first-order valence-electron chi connectivity index (χ1n) is 6.61. The molecule has 0 radical (unpaired) electrons. The summed E-state index contributed by atoms with van der Waals surface area (Å²) in [5.41, 5.74) is 7.13. The molecule has 0 saturated heterocycles. The van der Waals surface area contributed by atoms with Crippen molar-refractivity contribution in [2.24, 2.45) is 0 Å². The van der Waals surface area contributed by atoms with E-state index < -0.39 is 20.2 Å². The van der Waals surface area contributed by atoms with Gasteiger partial charge in [-0.05, 0) is 30.5 Å². The fourth-order valence-corrected chi connectivity index (χ4v) is 2.74. The predicted molar refractivity (Wildman–Crippen MR) is 84.4 cm³/mol. The van der Waals surface area contributed by atoms with Crippen LogP contribution in [0, 0.1) is 0 Å². The average molecular weight is 351 g/mol. The standard InChI is InChI=1S/C13H21NO6S2/c1-21(15,16)19-8-4-6-12(10-20-22(2,17)18)11-5-3-7-13(14)9-11/h3,5,7,9,12H,4,6,8,10,14H2,1-2H3. The van der Waals surface area contributed by atoms with Gasteiger partial charge in [0.15, 0.2) is 0 Å². The Balaban J connectivity index is 2.70. The van der Waals surface area contributed by atoms with Crippen molar-refractivity contribution in [2.45, 2.75) is 18.8 Å². The van der Waals surface area contributed by atoms with Crippen LogP contribution in [0.3, 0.4) is 0 Å². The minimum atomic E-state index is -3.55. The highest BCUT2D eigenvalue weighted by atomic mass is 32.2. The number of anilines is 1. The third kappa shape index (κ3) is 8.32. The summed E-state index contributed by atoms with van der Waals surface area (Å²) in [5.74, 6) is -0.221. The van der Waals surface area contributed by atoms with Crippen LogP contribution in [0.15, 0.2) is 24.3 Å². The SMILES string of the molecule is CS(=O)(=O)OCCCC(COS(C)(=O)=O)c1cccc(N)c1. The number of hydrogen-bond donors (Lipinski definition) is 1. The lowest BCUT2D eigenvalue weighted by Gasteiger charge is -2.17. The minimum absolute atomic E-state index is 0.0266. The van der Waals surface area contributed by atoms with Gasteiger partial charge in [0.05, 0.1) is 25.7 Å². The van der Waals surface area contributed by atoms with Crippen LogP contribution >= 0.6 is 0 Å². The summed E-state index contributed by atoms with van der Waals surface area (Å²) in [6.45, 7) is 0.0116. The van der Waals surface area contributed by atoms with Crippen molar-refractivity contribution < 1.29 is 25.2 Å². The first-order chi connectivity index (χ1) is 10.1. The van der Waals surface area contributed by atoms with E-state index in [4.69, 9.17) is 9.92 Å². The topological polar surface area (TPSA) is 113 Å². The molecule has 0 heterocycles. The zero-order chi connectivity index (χ0) is 16.8. The monoisotopic (exact) mass is 351 g/mol. The van der Waals surface area contributed by atoms with Gasteiger partial charge in [-0.15, -0.1) is 0 Å². The van der Waals surface area contributed by atoms with E-state index in [1.54, 1.807) is 18.2 Å². The number of hydrogen-bond acceptors (Lipinski definition) is 7. The third-order valence-electron chi connectivity index (χ3n) is 2.86. The van der Waals surface area contributed by atoms with Crippen molar-refractivity contribution >= 4 is 25.9 Å². The van der Waals surface area contributed by atoms with E-state index in [9.17, 15) is 16.8 Å². The van der Waals surface area contributed by atoms with Crippen LogP contribution in [0.4, 0.5) is 5.69 Å². The summed E-state index contributed by atoms with van der Waals surface area (Å²) in [6.07, 6.45) is 2.92. The fraction of sp³-hybridized carbons (Fsp3) is 0.538. The molecule has 0 bridgehead atoms. The zero-order valence-corrected chi connectivity index (χ0v) is 14.2.